The predicted molar refractivity (Wildman–Crippen MR) is 46.7 cm³/mol. The molecular formula is C8H8BrFO2. The number of para-hydroxylation sites is 1. The van der Waals surface area contributed by atoms with Crippen molar-refractivity contribution in [3.63, 3.8) is 0 Å². The molecule has 0 aliphatic heterocycles. The molecule has 0 heterocycles. The Balaban J connectivity index is 2.81. The summed E-state index contributed by atoms with van der Waals surface area (Å²) in [5.41, 5.74) is 0. The Bertz CT molecular complexity index is 245. The lowest BCUT2D eigenvalue weighted by Gasteiger charge is -2.06. The summed E-state index contributed by atoms with van der Waals surface area (Å²) in [7, 11) is 0. The molecule has 0 amide bonds. The molecular weight excluding hydrogens is 227 g/mol. The molecule has 0 saturated carbocycles. The Kier molecular flexibility index (Phi) is 3.49. The van der Waals surface area contributed by atoms with Crippen LogP contribution in [-0.2, 0) is 0 Å². The van der Waals surface area contributed by atoms with Crippen molar-refractivity contribution in [2.75, 3.05) is 13.2 Å². The molecule has 0 saturated heterocycles. The average molecular weight is 235 g/mol. The maximum absolute atomic E-state index is 12.9. The van der Waals surface area contributed by atoms with Crippen LogP contribution in [0.2, 0.25) is 0 Å². The van der Waals surface area contributed by atoms with Crippen molar-refractivity contribution in [3.8, 4) is 5.75 Å². The van der Waals surface area contributed by atoms with Crippen molar-refractivity contribution in [3.05, 3.63) is 28.5 Å². The molecule has 0 bridgehead atoms. The van der Waals surface area contributed by atoms with Crippen LogP contribution in [0.15, 0.2) is 22.7 Å². The van der Waals surface area contributed by atoms with Gasteiger partial charge in [-0.25, -0.2) is 4.39 Å². The van der Waals surface area contributed by atoms with E-state index in [1.54, 1.807) is 12.1 Å². The van der Waals surface area contributed by atoms with Crippen LogP contribution in [0, 0.1) is 5.82 Å². The minimum atomic E-state index is -0.433. The van der Waals surface area contributed by atoms with Gasteiger partial charge in [0.1, 0.15) is 6.61 Å². The lowest BCUT2D eigenvalue weighted by molar-refractivity contribution is 0.195. The summed E-state index contributed by atoms with van der Waals surface area (Å²) in [5, 5.41) is 8.45. The number of rotatable bonds is 3. The highest BCUT2D eigenvalue weighted by atomic mass is 79.9. The first kappa shape index (κ1) is 9.48. The second-order valence-corrected chi connectivity index (χ2v) is 2.98. The normalized spacial score (nSPS) is 9.92. The lowest BCUT2D eigenvalue weighted by atomic mass is 10.3. The van der Waals surface area contributed by atoms with E-state index in [1.807, 2.05) is 0 Å². The van der Waals surface area contributed by atoms with E-state index >= 15 is 0 Å². The van der Waals surface area contributed by atoms with Crippen LogP contribution in [-0.4, -0.2) is 18.3 Å². The first-order valence-electron chi connectivity index (χ1n) is 3.43. The van der Waals surface area contributed by atoms with Gasteiger partial charge in [-0.3, -0.25) is 0 Å². The number of aliphatic hydroxyl groups excluding tert-OH is 1. The zero-order chi connectivity index (χ0) is 8.97. The van der Waals surface area contributed by atoms with E-state index < -0.39 is 5.82 Å². The molecule has 0 fully saturated rings. The molecule has 0 spiro atoms. The van der Waals surface area contributed by atoms with Gasteiger partial charge in [0.05, 0.1) is 11.1 Å². The third kappa shape index (κ3) is 2.19. The standard InChI is InChI=1S/C8H8BrFO2/c9-6-2-1-3-7(10)8(6)12-5-4-11/h1-3,11H,4-5H2. The molecule has 1 rings (SSSR count). The van der Waals surface area contributed by atoms with E-state index in [1.165, 1.54) is 6.07 Å². The van der Waals surface area contributed by atoms with Gasteiger partial charge < -0.3 is 9.84 Å². The van der Waals surface area contributed by atoms with Crippen LogP contribution in [0.3, 0.4) is 0 Å². The monoisotopic (exact) mass is 234 g/mol. The predicted octanol–water partition coefficient (Wildman–Crippen LogP) is 1.96. The maximum atomic E-state index is 12.9. The zero-order valence-corrected chi connectivity index (χ0v) is 7.84. The maximum Gasteiger partial charge on any atom is 0.169 e. The fourth-order valence-electron chi connectivity index (χ4n) is 0.768. The van der Waals surface area contributed by atoms with Gasteiger partial charge in [-0.2, -0.15) is 0 Å². The van der Waals surface area contributed by atoms with E-state index in [2.05, 4.69) is 15.9 Å². The molecule has 0 aliphatic rings. The Hall–Kier alpha value is -0.610. The molecule has 0 aromatic heterocycles. The Labute approximate surface area is 78.1 Å². The van der Waals surface area contributed by atoms with Gasteiger partial charge in [0.15, 0.2) is 11.6 Å². The molecule has 0 atom stereocenters. The number of hydrogen-bond acceptors (Lipinski definition) is 2. The van der Waals surface area contributed by atoms with Crippen molar-refractivity contribution in [1.29, 1.82) is 0 Å². The van der Waals surface area contributed by atoms with Crippen LogP contribution in [0.5, 0.6) is 5.75 Å². The quantitative estimate of drug-likeness (QED) is 0.867. The van der Waals surface area contributed by atoms with E-state index in [0.29, 0.717) is 4.47 Å². The third-order valence-corrected chi connectivity index (χ3v) is 1.88. The Morgan fingerprint density at radius 3 is 2.83 bits per heavy atom. The van der Waals surface area contributed by atoms with E-state index in [4.69, 9.17) is 9.84 Å². The number of aliphatic hydroxyl groups is 1. The number of hydrogen-bond donors (Lipinski definition) is 1. The van der Waals surface area contributed by atoms with Crippen molar-refractivity contribution < 1.29 is 14.2 Å². The molecule has 1 N–H and O–H groups in total. The molecule has 1 aromatic carbocycles. The van der Waals surface area contributed by atoms with E-state index in [-0.39, 0.29) is 19.0 Å². The summed E-state index contributed by atoms with van der Waals surface area (Å²) in [6.07, 6.45) is 0. The van der Waals surface area contributed by atoms with Gasteiger partial charge >= 0.3 is 0 Å². The minimum absolute atomic E-state index is 0.0968. The summed E-state index contributed by atoms with van der Waals surface area (Å²) in [6.45, 7) is -0.0275. The second kappa shape index (κ2) is 4.42. The van der Waals surface area contributed by atoms with Gasteiger partial charge in [0.25, 0.3) is 0 Å². The van der Waals surface area contributed by atoms with Crippen LogP contribution >= 0.6 is 15.9 Å². The first-order chi connectivity index (χ1) is 5.75. The van der Waals surface area contributed by atoms with Crippen LogP contribution in [0.4, 0.5) is 4.39 Å². The number of benzene rings is 1. The topological polar surface area (TPSA) is 29.5 Å². The summed E-state index contributed by atoms with van der Waals surface area (Å²) < 4.78 is 18.4. The van der Waals surface area contributed by atoms with Gasteiger partial charge in [-0.15, -0.1) is 0 Å². The highest BCUT2D eigenvalue weighted by Crippen LogP contribution is 2.27. The highest BCUT2D eigenvalue weighted by molar-refractivity contribution is 9.10. The minimum Gasteiger partial charge on any atom is -0.487 e. The molecule has 66 valence electrons. The average Bonchev–Trinajstić information content (AvgIpc) is 2.04. The third-order valence-electron chi connectivity index (χ3n) is 1.26. The zero-order valence-electron chi connectivity index (χ0n) is 6.26. The molecule has 2 nitrogen and oxygen atoms in total. The van der Waals surface area contributed by atoms with Gasteiger partial charge in [0.2, 0.25) is 0 Å². The molecule has 0 aliphatic carbocycles. The molecule has 4 heteroatoms. The van der Waals surface area contributed by atoms with Gasteiger partial charge in [0, 0.05) is 0 Å². The van der Waals surface area contributed by atoms with Crippen molar-refractivity contribution in [2.24, 2.45) is 0 Å². The van der Waals surface area contributed by atoms with Crippen LogP contribution in [0.1, 0.15) is 0 Å². The van der Waals surface area contributed by atoms with E-state index in [9.17, 15) is 4.39 Å². The van der Waals surface area contributed by atoms with Crippen molar-refractivity contribution in [2.45, 2.75) is 0 Å². The summed E-state index contributed by atoms with van der Waals surface area (Å²) in [6, 6.07) is 4.55. The fraction of sp³-hybridized carbons (Fsp3) is 0.250. The molecule has 1 aromatic rings. The molecule has 0 radical (unpaired) electrons. The van der Waals surface area contributed by atoms with Crippen LogP contribution < -0.4 is 4.74 Å². The summed E-state index contributed by atoms with van der Waals surface area (Å²) >= 11 is 3.13. The molecule has 0 unspecified atom stereocenters. The number of ether oxygens (including phenoxy) is 1. The Morgan fingerprint density at radius 1 is 1.50 bits per heavy atom. The van der Waals surface area contributed by atoms with Crippen LogP contribution in [0.25, 0.3) is 0 Å². The summed E-state index contributed by atoms with van der Waals surface area (Å²) in [4.78, 5) is 0. The smallest absolute Gasteiger partial charge is 0.169 e. The SMILES string of the molecule is OCCOc1c(F)cccc1Br. The Morgan fingerprint density at radius 2 is 2.25 bits per heavy atom. The molecule has 12 heavy (non-hydrogen) atoms. The first-order valence-corrected chi connectivity index (χ1v) is 4.22. The summed E-state index contributed by atoms with van der Waals surface area (Å²) in [5.74, 6) is -0.288. The van der Waals surface area contributed by atoms with Gasteiger partial charge in [-0.1, -0.05) is 6.07 Å². The fourth-order valence-corrected chi connectivity index (χ4v) is 1.22. The van der Waals surface area contributed by atoms with Crippen molar-refractivity contribution in [1.82, 2.24) is 0 Å². The van der Waals surface area contributed by atoms with Crippen molar-refractivity contribution >= 4 is 15.9 Å². The second-order valence-electron chi connectivity index (χ2n) is 2.12. The largest absolute Gasteiger partial charge is 0.487 e. The highest BCUT2D eigenvalue weighted by Gasteiger charge is 2.06. The lowest BCUT2D eigenvalue weighted by Crippen LogP contribution is -2.03. The van der Waals surface area contributed by atoms with Gasteiger partial charge in [-0.05, 0) is 28.1 Å². The van der Waals surface area contributed by atoms with E-state index in [0.717, 1.165) is 0 Å². The number of halogens is 2.